The molecule has 0 aliphatic carbocycles. The smallest absolute Gasteiger partial charge is 0.254 e. The summed E-state index contributed by atoms with van der Waals surface area (Å²) in [7, 11) is 0. The van der Waals surface area contributed by atoms with Crippen molar-refractivity contribution in [2.24, 2.45) is 0 Å². The quantitative estimate of drug-likeness (QED) is 0.833. The van der Waals surface area contributed by atoms with Crippen LogP contribution in [0.5, 0.6) is 0 Å². The van der Waals surface area contributed by atoms with Crippen LogP contribution in [0.2, 0.25) is 0 Å². The van der Waals surface area contributed by atoms with Gasteiger partial charge in [0.1, 0.15) is 0 Å². The molecule has 0 unspecified atom stereocenters. The molecule has 5 nitrogen and oxygen atoms in total. The van der Waals surface area contributed by atoms with Crippen LogP contribution in [0.1, 0.15) is 36.2 Å². The first-order valence-corrected chi connectivity index (χ1v) is 6.78. The van der Waals surface area contributed by atoms with Crippen LogP contribution in [0.4, 0.5) is 5.69 Å². The van der Waals surface area contributed by atoms with Gasteiger partial charge in [0, 0.05) is 31.3 Å². The Balaban J connectivity index is 2.99. The van der Waals surface area contributed by atoms with Gasteiger partial charge >= 0.3 is 0 Å². The van der Waals surface area contributed by atoms with Crippen LogP contribution in [0.3, 0.4) is 0 Å². The molecule has 0 heterocycles. The Hall–Kier alpha value is -1.88. The minimum Gasteiger partial charge on any atom is -0.395 e. The van der Waals surface area contributed by atoms with Gasteiger partial charge in [0.05, 0.1) is 6.61 Å². The lowest BCUT2D eigenvalue weighted by molar-refractivity contribution is -0.114. The highest BCUT2D eigenvalue weighted by molar-refractivity contribution is 5.97. The van der Waals surface area contributed by atoms with E-state index >= 15 is 0 Å². The molecule has 1 aromatic carbocycles. The highest BCUT2D eigenvalue weighted by atomic mass is 16.3. The predicted molar refractivity (Wildman–Crippen MR) is 78.8 cm³/mol. The fraction of sp³-hybridized carbons (Fsp3) is 0.467. The van der Waals surface area contributed by atoms with E-state index in [1.165, 1.54) is 6.92 Å². The molecule has 0 spiro atoms. The Bertz CT molecular complexity index is 480. The molecule has 2 amide bonds. The van der Waals surface area contributed by atoms with Crippen LogP contribution >= 0.6 is 0 Å². The van der Waals surface area contributed by atoms with Gasteiger partial charge in [-0.25, -0.2) is 0 Å². The van der Waals surface area contributed by atoms with Crippen molar-refractivity contribution in [2.75, 3.05) is 25.0 Å². The summed E-state index contributed by atoms with van der Waals surface area (Å²) in [5, 5.41) is 11.7. The van der Waals surface area contributed by atoms with Gasteiger partial charge < -0.3 is 15.3 Å². The Kier molecular flexibility index (Phi) is 6.18. The second kappa shape index (κ2) is 7.65. The summed E-state index contributed by atoms with van der Waals surface area (Å²) in [6.45, 7) is 6.14. The van der Waals surface area contributed by atoms with E-state index in [9.17, 15) is 9.59 Å². The van der Waals surface area contributed by atoms with Gasteiger partial charge in [0.15, 0.2) is 0 Å². The first kappa shape index (κ1) is 16.2. The van der Waals surface area contributed by atoms with E-state index in [0.717, 1.165) is 12.0 Å². The molecular formula is C15H22N2O3. The summed E-state index contributed by atoms with van der Waals surface area (Å²) in [5.74, 6) is -0.300. The highest BCUT2D eigenvalue weighted by Crippen LogP contribution is 2.18. The lowest BCUT2D eigenvalue weighted by atomic mass is 10.1. The van der Waals surface area contributed by atoms with E-state index in [2.05, 4.69) is 5.32 Å². The zero-order chi connectivity index (χ0) is 15.1. The van der Waals surface area contributed by atoms with Crippen molar-refractivity contribution < 1.29 is 14.7 Å². The second-order valence-corrected chi connectivity index (χ2v) is 4.73. The molecule has 0 saturated heterocycles. The molecule has 1 rings (SSSR count). The normalized spacial score (nSPS) is 10.2. The Morgan fingerprint density at radius 1 is 1.30 bits per heavy atom. The SMILES string of the molecule is CCCN(CCO)C(=O)c1ccc(C)c(NC(C)=O)c1. The van der Waals surface area contributed by atoms with Gasteiger partial charge in [0.25, 0.3) is 5.91 Å². The number of aliphatic hydroxyl groups excluding tert-OH is 1. The van der Waals surface area contributed by atoms with Crippen molar-refractivity contribution in [1.29, 1.82) is 0 Å². The fourth-order valence-electron chi connectivity index (χ4n) is 1.97. The minimum atomic E-state index is -0.168. The molecule has 0 radical (unpaired) electrons. The van der Waals surface area contributed by atoms with Gasteiger partial charge in [0.2, 0.25) is 5.91 Å². The third kappa shape index (κ3) is 4.35. The Morgan fingerprint density at radius 3 is 2.55 bits per heavy atom. The molecule has 20 heavy (non-hydrogen) atoms. The zero-order valence-corrected chi connectivity index (χ0v) is 12.3. The van der Waals surface area contributed by atoms with E-state index in [-0.39, 0.29) is 18.4 Å². The third-order valence-electron chi connectivity index (χ3n) is 2.95. The van der Waals surface area contributed by atoms with E-state index in [0.29, 0.717) is 24.3 Å². The van der Waals surface area contributed by atoms with Crippen LogP contribution in [-0.2, 0) is 4.79 Å². The van der Waals surface area contributed by atoms with E-state index in [1.807, 2.05) is 19.9 Å². The number of amides is 2. The molecule has 1 aromatic rings. The number of benzene rings is 1. The molecule has 0 atom stereocenters. The average molecular weight is 278 g/mol. The Morgan fingerprint density at radius 2 is 2.00 bits per heavy atom. The van der Waals surface area contributed by atoms with Gasteiger partial charge in [-0.2, -0.15) is 0 Å². The molecule has 0 fully saturated rings. The van der Waals surface area contributed by atoms with Gasteiger partial charge in [-0.1, -0.05) is 13.0 Å². The van der Waals surface area contributed by atoms with Gasteiger partial charge in [-0.15, -0.1) is 0 Å². The van der Waals surface area contributed by atoms with Gasteiger partial charge in [-0.3, -0.25) is 9.59 Å². The zero-order valence-electron chi connectivity index (χ0n) is 12.3. The number of carbonyl (C=O) groups is 2. The van der Waals surface area contributed by atoms with Crippen LogP contribution in [0.15, 0.2) is 18.2 Å². The van der Waals surface area contributed by atoms with Crippen LogP contribution in [-0.4, -0.2) is 41.5 Å². The molecule has 0 bridgehead atoms. The molecule has 5 heteroatoms. The topological polar surface area (TPSA) is 69.6 Å². The molecule has 2 N–H and O–H groups in total. The number of rotatable bonds is 6. The molecular weight excluding hydrogens is 256 g/mol. The molecule has 0 saturated carbocycles. The number of nitrogens with zero attached hydrogens (tertiary/aromatic N) is 1. The Labute approximate surface area is 119 Å². The van der Waals surface area contributed by atoms with Crippen LogP contribution in [0.25, 0.3) is 0 Å². The average Bonchev–Trinajstić information content (AvgIpc) is 2.40. The number of hydrogen-bond acceptors (Lipinski definition) is 3. The summed E-state index contributed by atoms with van der Waals surface area (Å²) in [4.78, 5) is 25.1. The minimum absolute atomic E-state index is 0.0594. The maximum atomic E-state index is 12.4. The van der Waals surface area contributed by atoms with Crippen molar-refractivity contribution in [3.8, 4) is 0 Å². The second-order valence-electron chi connectivity index (χ2n) is 4.73. The summed E-state index contributed by atoms with van der Waals surface area (Å²) in [6, 6.07) is 5.23. The number of anilines is 1. The van der Waals surface area contributed by atoms with Crippen molar-refractivity contribution in [3.05, 3.63) is 29.3 Å². The first-order chi connectivity index (χ1) is 9.49. The molecule has 0 aliphatic rings. The first-order valence-electron chi connectivity index (χ1n) is 6.78. The highest BCUT2D eigenvalue weighted by Gasteiger charge is 2.15. The summed E-state index contributed by atoms with van der Waals surface area (Å²) >= 11 is 0. The molecule has 110 valence electrons. The van der Waals surface area contributed by atoms with Crippen molar-refractivity contribution in [2.45, 2.75) is 27.2 Å². The number of nitrogens with one attached hydrogen (secondary N) is 1. The lowest BCUT2D eigenvalue weighted by Crippen LogP contribution is -2.34. The van der Waals surface area contributed by atoms with Crippen LogP contribution < -0.4 is 5.32 Å². The molecule has 0 aromatic heterocycles. The lowest BCUT2D eigenvalue weighted by Gasteiger charge is -2.21. The molecule has 0 aliphatic heterocycles. The van der Waals surface area contributed by atoms with Crippen molar-refractivity contribution in [3.63, 3.8) is 0 Å². The maximum Gasteiger partial charge on any atom is 0.254 e. The van der Waals surface area contributed by atoms with Gasteiger partial charge in [-0.05, 0) is 31.0 Å². The van der Waals surface area contributed by atoms with E-state index in [4.69, 9.17) is 5.11 Å². The van der Waals surface area contributed by atoms with E-state index < -0.39 is 0 Å². The fourth-order valence-corrected chi connectivity index (χ4v) is 1.97. The summed E-state index contributed by atoms with van der Waals surface area (Å²) < 4.78 is 0. The monoisotopic (exact) mass is 278 g/mol. The van der Waals surface area contributed by atoms with Crippen LogP contribution in [0, 0.1) is 6.92 Å². The number of aliphatic hydroxyl groups is 1. The third-order valence-corrected chi connectivity index (χ3v) is 2.95. The number of hydrogen-bond donors (Lipinski definition) is 2. The largest absolute Gasteiger partial charge is 0.395 e. The van der Waals surface area contributed by atoms with Crippen molar-refractivity contribution in [1.82, 2.24) is 4.90 Å². The summed E-state index contributed by atoms with van der Waals surface area (Å²) in [5.41, 5.74) is 2.06. The maximum absolute atomic E-state index is 12.4. The summed E-state index contributed by atoms with van der Waals surface area (Å²) in [6.07, 6.45) is 0.830. The number of carbonyl (C=O) groups excluding carboxylic acids is 2. The predicted octanol–water partition coefficient (Wildman–Crippen LogP) is 1.80. The number of aryl methyl sites for hydroxylation is 1. The standard InChI is InChI=1S/C15H22N2O3/c1-4-7-17(8-9-18)15(20)13-6-5-11(2)14(10-13)16-12(3)19/h5-6,10,18H,4,7-9H2,1-3H3,(H,16,19). The van der Waals surface area contributed by atoms with Crippen molar-refractivity contribution >= 4 is 17.5 Å². The van der Waals surface area contributed by atoms with E-state index in [1.54, 1.807) is 17.0 Å².